The number of carbonyl (C=O) groups excluding carboxylic acids is 1. The molecule has 2 aromatic rings. The third-order valence-electron chi connectivity index (χ3n) is 3.35. The van der Waals surface area contributed by atoms with Crippen LogP contribution in [0.25, 0.3) is 0 Å². The van der Waals surface area contributed by atoms with Crippen molar-refractivity contribution in [2.24, 2.45) is 0 Å². The first-order valence-electron chi connectivity index (χ1n) is 7.59. The number of hydrogen-bond acceptors (Lipinski definition) is 6. The number of ether oxygens (including phenoxy) is 2. The number of carbonyl (C=O) groups is 1. The molecule has 0 saturated carbocycles. The van der Waals surface area contributed by atoms with E-state index in [-0.39, 0.29) is 6.42 Å². The van der Waals surface area contributed by atoms with Crippen LogP contribution in [0.3, 0.4) is 0 Å². The van der Waals surface area contributed by atoms with Crippen molar-refractivity contribution in [3.63, 3.8) is 0 Å². The van der Waals surface area contributed by atoms with Crippen LogP contribution in [0.1, 0.15) is 11.1 Å². The molecule has 0 aliphatic carbocycles. The molecule has 0 aromatic heterocycles. The van der Waals surface area contributed by atoms with Gasteiger partial charge in [-0.05, 0) is 23.3 Å². The highest BCUT2D eigenvalue weighted by Crippen LogP contribution is 2.17. The Labute approximate surface area is 147 Å². The third kappa shape index (κ3) is 6.56. The molecule has 0 radical (unpaired) electrons. The number of rotatable bonds is 8. The van der Waals surface area contributed by atoms with E-state index in [1.165, 1.54) is 7.11 Å². The average molecular weight is 364 g/mol. The van der Waals surface area contributed by atoms with Crippen molar-refractivity contribution < 1.29 is 26.9 Å². The van der Waals surface area contributed by atoms with Crippen LogP contribution >= 0.6 is 0 Å². The van der Waals surface area contributed by atoms with Crippen LogP contribution < -0.4 is 4.74 Å². The van der Waals surface area contributed by atoms with Gasteiger partial charge < -0.3 is 9.47 Å². The second-order valence-electron chi connectivity index (χ2n) is 5.43. The van der Waals surface area contributed by atoms with Crippen LogP contribution in [0.2, 0.25) is 0 Å². The van der Waals surface area contributed by atoms with Crippen LogP contribution in [0, 0.1) is 0 Å². The highest BCUT2D eigenvalue weighted by atomic mass is 32.2. The molecular weight excluding hydrogens is 344 g/mol. The zero-order valence-corrected chi connectivity index (χ0v) is 14.9. The van der Waals surface area contributed by atoms with Crippen molar-refractivity contribution in [1.29, 1.82) is 0 Å². The zero-order chi connectivity index (χ0) is 18.3. The van der Waals surface area contributed by atoms with E-state index in [9.17, 15) is 13.2 Å². The van der Waals surface area contributed by atoms with Crippen molar-refractivity contribution in [2.45, 2.75) is 19.1 Å². The molecule has 0 aliphatic rings. The van der Waals surface area contributed by atoms with E-state index in [4.69, 9.17) is 8.92 Å². The smallest absolute Gasteiger partial charge is 0.336 e. The molecule has 0 spiro atoms. The summed E-state index contributed by atoms with van der Waals surface area (Å²) < 4.78 is 37.6. The SMILES string of the molecule is COC(=O)C(Cc1ccc(OCc2ccccc2)cc1)OS(C)(=O)=O. The van der Waals surface area contributed by atoms with Crippen molar-refractivity contribution in [3.05, 3.63) is 65.7 Å². The predicted molar refractivity (Wildman–Crippen MR) is 92.7 cm³/mol. The maximum absolute atomic E-state index is 11.7. The quantitative estimate of drug-likeness (QED) is 0.528. The monoisotopic (exact) mass is 364 g/mol. The van der Waals surface area contributed by atoms with E-state index >= 15 is 0 Å². The summed E-state index contributed by atoms with van der Waals surface area (Å²) >= 11 is 0. The standard InChI is InChI=1S/C18H20O6S/c1-22-18(19)17(24-25(2,20)21)12-14-8-10-16(11-9-14)23-13-15-6-4-3-5-7-15/h3-11,17H,12-13H2,1-2H3. The Morgan fingerprint density at radius 3 is 2.20 bits per heavy atom. The summed E-state index contributed by atoms with van der Waals surface area (Å²) in [5.41, 5.74) is 1.78. The molecule has 2 rings (SSSR count). The second kappa shape index (κ2) is 8.64. The van der Waals surface area contributed by atoms with Crippen molar-refractivity contribution in [2.75, 3.05) is 13.4 Å². The minimum absolute atomic E-state index is 0.0821. The van der Waals surface area contributed by atoms with Crippen molar-refractivity contribution >= 4 is 16.1 Å². The molecule has 0 bridgehead atoms. The van der Waals surface area contributed by atoms with Gasteiger partial charge in [0.15, 0.2) is 6.10 Å². The average Bonchev–Trinajstić information content (AvgIpc) is 2.59. The molecule has 2 aromatic carbocycles. The van der Waals surface area contributed by atoms with Crippen LogP contribution in [0.5, 0.6) is 5.75 Å². The van der Waals surface area contributed by atoms with E-state index in [0.717, 1.165) is 17.4 Å². The first kappa shape index (κ1) is 19.0. The lowest BCUT2D eigenvalue weighted by atomic mass is 10.1. The third-order valence-corrected chi connectivity index (χ3v) is 3.93. The molecule has 7 heteroatoms. The molecule has 6 nitrogen and oxygen atoms in total. The molecular formula is C18H20O6S. The van der Waals surface area contributed by atoms with Crippen molar-refractivity contribution in [1.82, 2.24) is 0 Å². The summed E-state index contributed by atoms with van der Waals surface area (Å²) in [6, 6.07) is 16.8. The molecule has 0 heterocycles. The van der Waals surface area contributed by atoms with Gasteiger partial charge in [0.1, 0.15) is 12.4 Å². The maximum Gasteiger partial charge on any atom is 0.336 e. The van der Waals surface area contributed by atoms with Gasteiger partial charge in [-0.25, -0.2) is 4.79 Å². The van der Waals surface area contributed by atoms with E-state index in [0.29, 0.717) is 12.4 Å². The normalized spacial score (nSPS) is 12.4. The lowest BCUT2D eigenvalue weighted by Gasteiger charge is -2.14. The highest BCUT2D eigenvalue weighted by Gasteiger charge is 2.25. The Kier molecular flexibility index (Phi) is 6.55. The molecule has 0 N–H and O–H groups in total. The number of methoxy groups -OCH3 is 1. The highest BCUT2D eigenvalue weighted by molar-refractivity contribution is 7.86. The summed E-state index contributed by atoms with van der Waals surface area (Å²) in [5.74, 6) is -0.0684. The van der Waals surface area contributed by atoms with E-state index in [2.05, 4.69) is 4.74 Å². The van der Waals surface area contributed by atoms with Gasteiger partial charge in [-0.1, -0.05) is 42.5 Å². The topological polar surface area (TPSA) is 78.9 Å². The number of benzene rings is 2. The Bertz CT molecular complexity index is 784. The molecule has 25 heavy (non-hydrogen) atoms. The zero-order valence-electron chi connectivity index (χ0n) is 14.0. The fraction of sp³-hybridized carbons (Fsp3) is 0.278. The Morgan fingerprint density at radius 2 is 1.64 bits per heavy atom. The minimum atomic E-state index is -3.77. The lowest BCUT2D eigenvalue weighted by molar-refractivity contribution is -0.148. The second-order valence-corrected chi connectivity index (χ2v) is 7.04. The van der Waals surface area contributed by atoms with E-state index < -0.39 is 22.2 Å². The summed E-state index contributed by atoms with van der Waals surface area (Å²) in [6.07, 6.45) is -0.238. The Balaban J connectivity index is 1.99. The van der Waals surface area contributed by atoms with Crippen LogP contribution in [0.4, 0.5) is 0 Å². The molecule has 0 fully saturated rings. The minimum Gasteiger partial charge on any atom is -0.489 e. The Hall–Kier alpha value is -2.38. The van der Waals surface area contributed by atoms with E-state index in [1.54, 1.807) is 24.3 Å². The summed E-state index contributed by atoms with van der Waals surface area (Å²) in [6.45, 7) is 0.447. The Morgan fingerprint density at radius 1 is 1.00 bits per heavy atom. The van der Waals surface area contributed by atoms with Gasteiger partial charge in [0, 0.05) is 6.42 Å². The molecule has 0 saturated heterocycles. The van der Waals surface area contributed by atoms with Gasteiger partial charge in [-0.3, -0.25) is 4.18 Å². The molecule has 134 valence electrons. The maximum atomic E-state index is 11.7. The fourth-order valence-electron chi connectivity index (χ4n) is 2.18. The van der Waals surface area contributed by atoms with Gasteiger partial charge in [0.2, 0.25) is 0 Å². The summed E-state index contributed by atoms with van der Waals surface area (Å²) in [7, 11) is -2.59. The van der Waals surface area contributed by atoms with Crippen LogP contribution in [-0.2, 0) is 36.9 Å². The van der Waals surface area contributed by atoms with Gasteiger partial charge in [0.25, 0.3) is 10.1 Å². The first-order chi connectivity index (χ1) is 11.9. The molecule has 1 atom stereocenters. The number of hydrogen-bond donors (Lipinski definition) is 0. The van der Waals surface area contributed by atoms with Gasteiger partial charge in [-0.2, -0.15) is 8.42 Å². The van der Waals surface area contributed by atoms with Gasteiger partial charge in [0.05, 0.1) is 13.4 Å². The molecule has 0 aliphatic heterocycles. The largest absolute Gasteiger partial charge is 0.489 e. The molecule has 0 amide bonds. The van der Waals surface area contributed by atoms with E-state index in [1.807, 2.05) is 30.3 Å². The molecule has 1 unspecified atom stereocenters. The summed E-state index contributed by atoms with van der Waals surface area (Å²) in [4.78, 5) is 11.7. The number of esters is 1. The van der Waals surface area contributed by atoms with Crippen LogP contribution in [0.15, 0.2) is 54.6 Å². The first-order valence-corrected chi connectivity index (χ1v) is 9.41. The van der Waals surface area contributed by atoms with Crippen molar-refractivity contribution in [3.8, 4) is 5.75 Å². The summed E-state index contributed by atoms with van der Waals surface area (Å²) in [5, 5.41) is 0. The predicted octanol–water partition coefficient (Wildman–Crippen LogP) is 2.33. The van der Waals surface area contributed by atoms with Crippen LogP contribution in [-0.4, -0.2) is 33.9 Å². The fourth-order valence-corrected chi connectivity index (χ4v) is 2.74. The van der Waals surface area contributed by atoms with Gasteiger partial charge >= 0.3 is 5.97 Å². The lowest BCUT2D eigenvalue weighted by Crippen LogP contribution is -2.30. The van der Waals surface area contributed by atoms with Gasteiger partial charge in [-0.15, -0.1) is 0 Å².